The van der Waals surface area contributed by atoms with E-state index in [4.69, 9.17) is 19.5 Å². The maximum absolute atomic E-state index is 12.9. The number of nitriles is 1. The van der Waals surface area contributed by atoms with Crippen molar-refractivity contribution in [2.24, 2.45) is 0 Å². The van der Waals surface area contributed by atoms with Crippen LogP contribution in [0.25, 0.3) is 0 Å². The zero-order valence-electron chi connectivity index (χ0n) is 15.8. The van der Waals surface area contributed by atoms with Crippen molar-refractivity contribution in [1.29, 1.82) is 5.26 Å². The van der Waals surface area contributed by atoms with Crippen LogP contribution in [0, 0.1) is 11.3 Å². The minimum Gasteiger partial charge on any atom is -0.493 e. The number of hydrogen-bond donors (Lipinski definition) is 0. The lowest BCUT2D eigenvalue weighted by atomic mass is 10.1. The highest BCUT2D eigenvalue weighted by molar-refractivity contribution is 7.91. The lowest BCUT2D eigenvalue weighted by molar-refractivity contribution is -0.137. The molecule has 2 unspecified atom stereocenters. The number of rotatable bonds is 7. The Hall–Kier alpha value is -2.31. The van der Waals surface area contributed by atoms with Crippen LogP contribution in [0.15, 0.2) is 18.2 Å². The average molecular weight is 408 g/mol. The number of amides is 1. The van der Waals surface area contributed by atoms with E-state index >= 15 is 0 Å². The summed E-state index contributed by atoms with van der Waals surface area (Å²) in [6, 6.07) is 6.36. The molecule has 1 aromatic rings. The molecule has 2 heterocycles. The van der Waals surface area contributed by atoms with Crippen LogP contribution in [0.2, 0.25) is 0 Å². The van der Waals surface area contributed by atoms with E-state index in [-0.39, 0.29) is 36.2 Å². The lowest BCUT2D eigenvalue weighted by Crippen LogP contribution is -2.47. The van der Waals surface area contributed by atoms with Gasteiger partial charge in [-0.05, 0) is 31.4 Å². The highest BCUT2D eigenvalue weighted by atomic mass is 32.2. The summed E-state index contributed by atoms with van der Waals surface area (Å²) in [6.45, 7) is 0.785. The number of sulfone groups is 1. The predicted octanol–water partition coefficient (Wildman–Crippen LogP) is 1.14. The summed E-state index contributed by atoms with van der Waals surface area (Å²) in [4.78, 5) is 14.5. The van der Waals surface area contributed by atoms with Crippen LogP contribution in [0.4, 0.5) is 0 Å². The van der Waals surface area contributed by atoms with E-state index in [1.165, 1.54) is 13.2 Å². The Bertz CT molecular complexity index is 858. The third-order valence-electron chi connectivity index (χ3n) is 5.04. The van der Waals surface area contributed by atoms with Crippen molar-refractivity contribution in [3.63, 3.8) is 0 Å². The number of benzene rings is 1. The maximum atomic E-state index is 12.9. The fourth-order valence-corrected chi connectivity index (χ4v) is 5.29. The van der Waals surface area contributed by atoms with Gasteiger partial charge in [-0.15, -0.1) is 0 Å². The van der Waals surface area contributed by atoms with Crippen molar-refractivity contribution in [1.82, 2.24) is 4.90 Å². The standard InChI is InChI=1S/C19H24N2O6S/c1-25-18-9-14(10-20)4-5-17(18)27-12-19(22)21(11-16-3-2-7-26-16)15-6-8-28(23,24)13-15/h4-5,9,15-16H,2-3,6-8,11-13H2,1H3. The summed E-state index contributed by atoms with van der Waals surface area (Å²) in [5.74, 6) is 0.499. The smallest absolute Gasteiger partial charge is 0.260 e. The fourth-order valence-electron chi connectivity index (χ4n) is 3.56. The lowest BCUT2D eigenvalue weighted by Gasteiger charge is -2.30. The molecule has 2 fully saturated rings. The molecular weight excluding hydrogens is 384 g/mol. The van der Waals surface area contributed by atoms with E-state index in [9.17, 15) is 13.2 Å². The minimum absolute atomic E-state index is 0.0222. The second-order valence-electron chi connectivity index (χ2n) is 7.00. The first-order valence-corrected chi connectivity index (χ1v) is 11.1. The Morgan fingerprint density at radius 1 is 1.36 bits per heavy atom. The van der Waals surface area contributed by atoms with E-state index in [0.717, 1.165) is 12.8 Å². The molecule has 0 saturated carbocycles. The van der Waals surface area contributed by atoms with Gasteiger partial charge in [0, 0.05) is 25.3 Å². The SMILES string of the molecule is COc1cc(C#N)ccc1OCC(=O)N(CC1CCCO1)C1CCS(=O)(=O)C1. The number of methoxy groups -OCH3 is 1. The quantitative estimate of drug-likeness (QED) is 0.666. The van der Waals surface area contributed by atoms with Gasteiger partial charge in [0.25, 0.3) is 5.91 Å². The second kappa shape index (κ2) is 8.80. The van der Waals surface area contributed by atoms with Gasteiger partial charge in [-0.1, -0.05) is 0 Å². The third-order valence-corrected chi connectivity index (χ3v) is 6.79. The van der Waals surface area contributed by atoms with E-state index in [1.54, 1.807) is 17.0 Å². The molecule has 1 aromatic carbocycles. The average Bonchev–Trinajstić information content (AvgIpc) is 3.33. The molecule has 1 amide bonds. The molecule has 3 rings (SSSR count). The summed E-state index contributed by atoms with van der Waals surface area (Å²) in [6.07, 6.45) is 2.15. The van der Waals surface area contributed by atoms with Crippen LogP contribution in [0.3, 0.4) is 0 Å². The largest absolute Gasteiger partial charge is 0.493 e. The summed E-state index contributed by atoms with van der Waals surface area (Å²) in [7, 11) is -1.66. The van der Waals surface area contributed by atoms with Gasteiger partial charge in [0.1, 0.15) is 0 Å². The van der Waals surface area contributed by atoms with E-state index in [0.29, 0.717) is 36.6 Å². The van der Waals surface area contributed by atoms with Gasteiger partial charge < -0.3 is 19.1 Å². The van der Waals surface area contributed by atoms with Crippen LogP contribution >= 0.6 is 0 Å². The van der Waals surface area contributed by atoms with Gasteiger partial charge >= 0.3 is 0 Å². The van der Waals surface area contributed by atoms with Crippen LogP contribution in [0.5, 0.6) is 11.5 Å². The van der Waals surface area contributed by atoms with Crippen LogP contribution in [0.1, 0.15) is 24.8 Å². The normalized spacial score (nSPS) is 23.1. The molecule has 0 aliphatic carbocycles. The third kappa shape index (κ3) is 4.94. The predicted molar refractivity (Wildman–Crippen MR) is 101 cm³/mol. The van der Waals surface area contributed by atoms with E-state index < -0.39 is 9.84 Å². The van der Waals surface area contributed by atoms with E-state index in [1.807, 2.05) is 6.07 Å². The molecule has 0 radical (unpaired) electrons. The Kier molecular flexibility index (Phi) is 6.42. The van der Waals surface area contributed by atoms with Gasteiger partial charge in [0.05, 0.1) is 36.4 Å². The molecule has 152 valence electrons. The molecule has 2 saturated heterocycles. The molecule has 8 nitrogen and oxygen atoms in total. The zero-order valence-corrected chi connectivity index (χ0v) is 16.6. The van der Waals surface area contributed by atoms with E-state index in [2.05, 4.69) is 0 Å². The van der Waals surface area contributed by atoms with Crippen molar-refractivity contribution in [2.75, 3.05) is 38.4 Å². The highest BCUT2D eigenvalue weighted by Crippen LogP contribution is 2.28. The van der Waals surface area contributed by atoms with Crippen molar-refractivity contribution >= 4 is 15.7 Å². The molecule has 2 aliphatic rings. The number of ether oxygens (including phenoxy) is 3. The maximum Gasteiger partial charge on any atom is 0.260 e. The Labute approximate surface area is 164 Å². The first kappa shape index (κ1) is 20.4. The van der Waals surface area contributed by atoms with Gasteiger partial charge in [0.2, 0.25) is 0 Å². The number of hydrogen-bond acceptors (Lipinski definition) is 7. The summed E-state index contributed by atoms with van der Waals surface area (Å²) >= 11 is 0. The minimum atomic E-state index is -3.12. The van der Waals surface area contributed by atoms with Crippen molar-refractivity contribution in [2.45, 2.75) is 31.4 Å². The van der Waals surface area contributed by atoms with Gasteiger partial charge in [-0.25, -0.2) is 8.42 Å². The fraction of sp³-hybridized carbons (Fsp3) is 0.579. The van der Waals surface area contributed by atoms with Crippen LogP contribution in [-0.4, -0.2) is 69.7 Å². The van der Waals surface area contributed by atoms with Crippen LogP contribution in [-0.2, 0) is 19.4 Å². The Morgan fingerprint density at radius 3 is 2.79 bits per heavy atom. The summed E-state index contributed by atoms with van der Waals surface area (Å²) in [5.41, 5.74) is 0.423. The molecule has 28 heavy (non-hydrogen) atoms. The Morgan fingerprint density at radius 2 is 2.18 bits per heavy atom. The molecule has 2 aliphatic heterocycles. The van der Waals surface area contributed by atoms with Gasteiger partial charge in [-0.2, -0.15) is 5.26 Å². The van der Waals surface area contributed by atoms with Gasteiger partial charge in [-0.3, -0.25) is 4.79 Å². The number of nitrogens with zero attached hydrogens (tertiary/aromatic N) is 2. The molecule has 9 heteroatoms. The zero-order chi connectivity index (χ0) is 20.1. The second-order valence-corrected chi connectivity index (χ2v) is 9.23. The van der Waals surface area contributed by atoms with Crippen molar-refractivity contribution in [3.05, 3.63) is 23.8 Å². The first-order chi connectivity index (χ1) is 13.4. The number of carbonyl (C=O) groups is 1. The molecular formula is C19H24N2O6S. The summed E-state index contributed by atoms with van der Waals surface area (Å²) in [5, 5.41) is 8.97. The van der Waals surface area contributed by atoms with Gasteiger partial charge in [0.15, 0.2) is 27.9 Å². The molecule has 0 spiro atoms. The van der Waals surface area contributed by atoms with Crippen molar-refractivity contribution in [3.8, 4) is 17.6 Å². The number of carbonyl (C=O) groups excluding carboxylic acids is 1. The molecule has 0 N–H and O–H groups in total. The first-order valence-electron chi connectivity index (χ1n) is 9.24. The highest BCUT2D eigenvalue weighted by Gasteiger charge is 2.36. The van der Waals surface area contributed by atoms with Crippen molar-refractivity contribution < 1.29 is 27.4 Å². The summed E-state index contributed by atoms with van der Waals surface area (Å²) < 4.78 is 40.3. The van der Waals surface area contributed by atoms with Crippen LogP contribution < -0.4 is 9.47 Å². The Balaban J connectivity index is 1.69. The molecule has 2 atom stereocenters. The topological polar surface area (TPSA) is 106 Å². The monoisotopic (exact) mass is 408 g/mol. The molecule has 0 bridgehead atoms. The molecule has 0 aromatic heterocycles.